The van der Waals surface area contributed by atoms with E-state index in [0.29, 0.717) is 34.6 Å². The van der Waals surface area contributed by atoms with Crippen molar-refractivity contribution in [3.05, 3.63) is 71.4 Å². The van der Waals surface area contributed by atoms with Crippen LogP contribution in [0.2, 0.25) is 0 Å². The summed E-state index contributed by atoms with van der Waals surface area (Å²) in [6.45, 7) is 2.36. The van der Waals surface area contributed by atoms with Gasteiger partial charge in [0.05, 0.1) is 18.7 Å². The highest BCUT2D eigenvalue weighted by atomic mass is 16.5. The van der Waals surface area contributed by atoms with Crippen molar-refractivity contribution in [2.45, 2.75) is 12.8 Å². The zero-order valence-corrected chi connectivity index (χ0v) is 20.8. The van der Waals surface area contributed by atoms with Crippen molar-refractivity contribution in [2.24, 2.45) is 5.92 Å². The minimum absolute atomic E-state index is 0.131. The summed E-state index contributed by atoms with van der Waals surface area (Å²) >= 11 is 0. The molecule has 0 saturated carbocycles. The number of pyridine rings is 1. The van der Waals surface area contributed by atoms with Gasteiger partial charge in [0.15, 0.2) is 5.58 Å². The van der Waals surface area contributed by atoms with E-state index in [2.05, 4.69) is 20.2 Å². The number of nitrogens with zero attached hydrogens (tertiary/aromatic N) is 4. The summed E-state index contributed by atoms with van der Waals surface area (Å²) in [5.41, 5.74) is 2.83. The number of carbonyl (C=O) groups excluding carboxylic acids is 2. The second-order valence-electron chi connectivity index (χ2n) is 9.16. The SMILES string of the molecule is [B]c1ccc(N2CCC(CNC(=O)c3ccc(-c4nc5cc(C#N)cc(C(=O)OC)c5o4)cc3)CC2)nc1. The molecule has 0 spiro atoms. The van der Waals surface area contributed by atoms with Gasteiger partial charge in [-0.2, -0.15) is 5.26 Å². The predicted octanol–water partition coefficient (Wildman–Crippen LogP) is 2.99. The third-order valence-electron chi connectivity index (χ3n) is 6.68. The van der Waals surface area contributed by atoms with Crippen molar-refractivity contribution in [1.82, 2.24) is 15.3 Å². The topological polar surface area (TPSA) is 121 Å². The minimum atomic E-state index is -0.616. The molecule has 0 aliphatic carbocycles. The first kappa shape index (κ1) is 25.0. The first-order valence-corrected chi connectivity index (χ1v) is 12.2. The maximum atomic E-state index is 12.8. The van der Waals surface area contributed by atoms with Crippen LogP contribution in [0.4, 0.5) is 5.82 Å². The summed E-state index contributed by atoms with van der Waals surface area (Å²) in [5, 5.41) is 12.3. The molecule has 1 aliphatic rings. The Morgan fingerprint density at radius 3 is 2.61 bits per heavy atom. The number of rotatable bonds is 6. The number of oxazole rings is 1. The molecule has 1 saturated heterocycles. The van der Waals surface area contributed by atoms with E-state index < -0.39 is 5.97 Å². The lowest BCUT2D eigenvalue weighted by Gasteiger charge is -2.32. The zero-order chi connectivity index (χ0) is 26.6. The van der Waals surface area contributed by atoms with Crippen molar-refractivity contribution in [1.29, 1.82) is 5.26 Å². The molecule has 9 nitrogen and oxygen atoms in total. The number of anilines is 1. The van der Waals surface area contributed by atoms with Gasteiger partial charge in [-0.25, -0.2) is 14.8 Å². The van der Waals surface area contributed by atoms with Gasteiger partial charge in [0.2, 0.25) is 5.89 Å². The maximum Gasteiger partial charge on any atom is 0.341 e. The van der Waals surface area contributed by atoms with E-state index in [1.165, 1.54) is 13.2 Å². The number of amides is 1. The Morgan fingerprint density at radius 2 is 1.95 bits per heavy atom. The highest BCUT2D eigenvalue weighted by Gasteiger charge is 2.22. The lowest BCUT2D eigenvalue weighted by molar-refractivity contribution is 0.0601. The molecule has 10 heteroatoms. The Labute approximate surface area is 220 Å². The fraction of sp³-hybridized carbons (Fsp3) is 0.250. The number of hydrogen-bond acceptors (Lipinski definition) is 8. The van der Waals surface area contributed by atoms with E-state index in [9.17, 15) is 14.9 Å². The summed E-state index contributed by atoms with van der Waals surface area (Å²) in [7, 11) is 6.98. The van der Waals surface area contributed by atoms with Gasteiger partial charge in [-0.3, -0.25) is 4.79 Å². The van der Waals surface area contributed by atoms with Crippen LogP contribution in [0.25, 0.3) is 22.6 Å². The quantitative estimate of drug-likeness (QED) is 0.314. The molecule has 188 valence electrons. The molecule has 0 atom stereocenters. The summed E-state index contributed by atoms with van der Waals surface area (Å²) in [4.78, 5) is 36.0. The van der Waals surface area contributed by atoms with Gasteiger partial charge in [0, 0.05) is 37.0 Å². The number of esters is 1. The van der Waals surface area contributed by atoms with Crippen molar-refractivity contribution >= 4 is 42.1 Å². The average Bonchev–Trinajstić information content (AvgIpc) is 3.40. The van der Waals surface area contributed by atoms with E-state index in [0.717, 1.165) is 31.7 Å². The lowest BCUT2D eigenvalue weighted by atomic mass is 9.96. The second-order valence-corrected chi connectivity index (χ2v) is 9.16. The second kappa shape index (κ2) is 10.8. The molecular formula is C28H24BN5O4. The van der Waals surface area contributed by atoms with Crippen molar-refractivity contribution in [2.75, 3.05) is 31.6 Å². The van der Waals surface area contributed by atoms with Crippen molar-refractivity contribution in [3.63, 3.8) is 0 Å². The van der Waals surface area contributed by atoms with E-state index >= 15 is 0 Å². The number of carbonyl (C=O) groups is 2. The number of fused-ring (bicyclic) bond motifs is 1. The molecule has 38 heavy (non-hydrogen) atoms. The van der Waals surface area contributed by atoms with Crippen LogP contribution in [-0.4, -0.2) is 56.4 Å². The highest BCUT2D eigenvalue weighted by Crippen LogP contribution is 2.28. The number of piperidine rings is 1. The molecule has 0 bridgehead atoms. The number of benzene rings is 2. The van der Waals surface area contributed by atoms with Gasteiger partial charge >= 0.3 is 5.97 Å². The van der Waals surface area contributed by atoms with Crippen molar-refractivity contribution in [3.8, 4) is 17.5 Å². The summed E-state index contributed by atoms with van der Waals surface area (Å²) in [6, 6.07) is 15.6. The monoisotopic (exact) mass is 505 g/mol. The van der Waals surface area contributed by atoms with Crippen LogP contribution in [0.1, 0.15) is 39.1 Å². The van der Waals surface area contributed by atoms with Crippen LogP contribution in [0.3, 0.4) is 0 Å². The molecule has 2 radical (unpaired) electrons. The van der Waals surface area contributed by atoms with Gasteiger partial charge in [0.1, 0.15) is 24.7 Å². The lowest BCUT2D eigenvalue weighted by Crippen LogP contribution is -2.39. The Bertz CT molecular complexity index is 1520. The molecule has 1 fully saturated rings. The van der Waals surface area contributed by atoms with Crippen LogP contribution >= 0.6 is 0 Å². The summed E-state index contributed by atoms with van der Waals surface area (Å²) in [5.74, 6) is 0.824. The van der Waals surface area contributed by atoms with Gasteiger partial charge in [-0.1, -0.05) is 11.5 Å². The third-order valence-corrected chi connectivity index (χ3v) is 6.68. The molecular weight excluding hydrogens is 481 g/mol. The van der Waals surface area contributed by atoms with Crippen LogP contribution in [0.15, 0.2) is 59.1 Å². The third kappa shape index (κ3) is 5.23. The normalized spacial score (nSPS) is 13.7. The number of aromatic nitrogens is 2. The molecule has 2 aromatic heterocycles. The standard InChI is InChI=1S/C28H24BN5O4/c1-37-28(36)22-12-18(14-30)13-23-25(22)38-27(33-23)20-4-2-19(3-5-20)26(35)32-15-17-8-10-34(11-9-17)24-7-6-21(29)16-31-24/h2-7,12-13,16-17H,8-11,15H2,1H3,(H,32,35). The van der Waals surface area contributed by atoms with Crippen LogP contribution < -0.4 is 15.7 Å². The molecule has 3 heterocycles. The smallest absolute Gasteiger partial charge is 0.341 e. The molecule has 5 rings (SSSR count). The fourth-order valence-corrected chi connectivity index (χ4v) is 4.54. The molecule has 4 aromatic rings. The largest absolute Gasteiger partial charge is 0.465 e. The van der Waals surface area contributed by atoms with Crippen LogP contribution in [0.5, 0.6) is 0 Å². The molecule has 1 N–H and O–H groups in total. The summed E-state index contributed by atoms with van der Waals surface area (Å²) < 4.78 is 10.7. The number of hydrogen-bond donors (Lipinski definition) is 1. The van der Waals surface area contributed by atoms with Gasteiger partial charge in [-0.15, -0.1) is 0 Å². The van der Waals surface area contributed by atoms with Crippen LogP contribution in [0, 0.1) is 17.2 Å². The Morgan fingerprint density at radius 1 is 1.18 bits per heavy atom. The Kier molecular flexibility index (Phi) is 7.09. The first-order chi connectivity index (χ1) is 18.4. The van der Waals surface area contributed by atoms with Gasteiger partial charge in [-0.05, 0) is 61.2 Å². The molecule has 2 aromatic carbocycles. The Hall–Kier alpha value is -4.65. The van der Waals surface area contributed by atoms with Crippen LogP contribution in [-0.2, 0) is 4.74 Å². The van der Waals surface area contributed by atoms with Gasteiger partial charge in [0.25, 0.3) is 5.91 Å². The van der Waals surface area contributed by atoms with E-state index in [4.69, 9.17) is 17.0 Å². The number of methoxy groups -OCH3 is 1. The van der Waals surface area contributed by atoms with E-state index in [1.807, 2.05) is 18.2 Å². The number of nitrogens with one attached hydrogen (secondary N) is 1. The molecule has 1 aliphatic heterocycles. The first-order valence-electron chi connectivity index (χ1n) is 12.2. The minimum Gasteiger partial charge on any atom is -0.465 e. The Balaban J connectivity index is 1.21. The number of ether oxygens (including phenoxy) is 1. The fourth-order valence-electron chi connectivity index (χ4n) is 4.54. The predicted molar refractivity (Wildman–Crippen MR) is 142 cm³/mol. The van der Waals surface area contributed by atoms with Crippen molar-refractivity contribution < 1.29 is 18.7 Å². The highest BCUT2D eigenvalue weighted by molar-refractivity contribution is 6.32. The molecule has 1 amide bonds. The summed E-state index contributed by atoms with van der Waals surface area (Å²) in [6.07, 6.45) is 3.59. The zero-order valence-electron chi connectivity index (χ0n) is 20.8. The van der Waals surface area contributed by atoms with E-state index in [1.54, 1.807) is 36.5 Å². The van der Waals surface area contributed by atoms with Gasteiger partial charge < -0.3 is 19.4 Å². The average molecular weight is 505 g/mol. The molecule has 0 unspecified atom stereocenters. The number of nitriles is 1. The maximum absolute atomic E-state index is 12.8. The van der Waals surface area contributed by atoms with E-state index in [-0.39, 0.29) is 28.5 Å².